The molecule has 0 radical (unpaired) electrons. The van der Waals surface area contributed by atoms with E-state index in [1.54, 1.807) is 35.8 Å². The number of nitrogens with one attached hydrogen (secondary N) is 1. The molecule has 100 valence electrons. The Morgan fingerprint density at radius 2 is 2.00 bits per heavy atom. The first-order valence-electron chi connectivity index (χ1n) is 5.49. The summed E-state index contributed by atoms with van der Waals surface area (Å²) in [6.07, 6.45) is 1.54. The van der Waals surface area contributed by atoms with E-state index in [0.717, 1.165) is 0 Å². The maximum atomic E-state index is 11.9. The number of aromatic nitrogens is 1. The lowest BCUT2D eigenvalue weighted by atomic mass is 10.2. The molecule has 0 unspecified atom stereocenters. The molecule has 5 nitrogen and oxygen atoms in total. The standard InChI is InChI=1S/C12H12N2O3S2/c15-11(14-12-13-6-7-18-12)9-19(16,17)8-10-4-2-1-3-5-10/h1-7H,8-9H2,(H,13,14,15). The maximum Gasteiger partial charge on any atom is 0.241 e. The van der Waals surface area contributed by atoms with Gasteiger partial charge in [0.2, 0.25) is 5.91 Å². The molecule has 0 aliphatic carbocycles. The van der Waals surface area contributed by atoms with Gasteiger partial charge in [0.25, 0.3) is 0 Å². The molecule has 19 heavy (non-hydrogen) atoms. The number of benzene rings is 1. The minimum atomic E-state index is -3.47. The highest BCUT2D eigenvalue weighted by atomic mass is 32.2. The molecule has 0 atom stereocenters. The molecule has 0 spiro atoms. The second kappa shape index (κ2) is 5.94. The summed E-state index contributed by atoms with van der Waals surface area (Å²) in [6, 6.07) is 8.78. The van der Waals surface area contributed by atoms with Gasteiger partial charge < -0.3 is 5.32 Å². The Bertz CT molecular complexity index is 637. The van der Waals surface area contributed by atoms with Crippen LogP contribution in [0.1, 0.15) is 5.56 Å². The van der Waals surface area contributed by atoms with E-state index in [-0.39, 0.29) is 5.75 Å². The van der Waals surface area contributed by atoms with Crippen LogP contribution < -0.4 is 5.32 Å². The van der Waals surface area contributed by atoms with Crippen LogP contribution in [0.25, 0.3) is 0 Å². The number of hydrogen-bond acceptors (Lipinski definition) is 5. The molecule has 1 aromatic heterocycles. The second-order valence-electron chi connectivity index (χ2n) is 3.90. The summed E-state index contributed by atoms with van der Waals surface area (Å²) in [7, 11) is -3.47. The van der Waals surface area contributed by atoms with Crippen molar-refractivity contribution in [2.45, 2.75) is 5.75 Å². The molecular formula is C12H12N2O3S2. The van der Waals surface area contributed by atoms with E-state index >= 15 is 0 Å². The Morgan fingerprint density at radius 1 is 1.26 bits per heavy atom. The van der Waals surface area contributed by atoms with Crippen molar-refractivity contribution >= 4 is 32.2 Å². The van der Waals surface area contributed by atoms with Gasteiger partial charge in [0.05, 0.1) is 5.75 Å². The van der Waals surface area contributed by atoms with Gasteiger partial charge in [-0.3, -0.25) is 4.79 Å². The van der Waals surface area contributed by atoms with E-state index in [0.29, 0.717) is 10.7 Å². The number of thiazole rings is 1. The predicted molar refractivity (Wildman–Crippen MR) is 74.7 cm³/mol. The van der Waals surface area contributed by atoms with Gasteiger partial charge in [-0.2, -0.15) is 0 Å². The van der Waals surface area contributed by atoms with Crippen LogP contribution in [0.2, 0.25) is 0 Å². The van der Waals surface area contributed by atoms with Gasteiger partial charge in [-0.25, -0.2) is 13.4 Å². The Balaban J connectivity index is 1.95. The average molecular weight is 296 g/mol. The summed E-state index contributed by atoms with van der Waals surface area (Å²) >= 11 is 1.24. The van der Waals surface area contributed by atoms with Gasteiger partial charge >= 0.3 is 0 Å². The highest BCUT2D eigenvalue weighted by molar-refractivity contribution is 7.91. The topological polar surface area (TPSA) is 76.1 Å². The van der Waals surface area contributed by atoms with Crippen LogP contribution in [0, 0.1) is 0 Å². The number of hydrogen-bond donors (Lipinski definition) is 1. The van der Waals surface area contributed by atoms with Gasteiger partial charge in [0.15, 0.2) is 15.0 Å². The van der Waals surface area contributed by atoms with Crippen molar-refractivity contribution in [2.75, 3.05) is 11.1 Å². The number of sulfone groups is 1. The van der Waals surface area contributed by atoms with E-state index in [9.17, 15) is 13.2 Å². The third-order valence-corrected chi connectivity index (χ3v) is 4.42. The molecule has 0 fully saturated rings. The molecule has 2 rings (SSSR count). The van der Waals surface area contributed by atoms with Gasteiger partial charge in [0.1, 0.15) is 5.75 Å². The van der Waals surface area contributed by atoms with Crippen LogP contribution in [0.5, 0.6) is 0 Å². The zero-order chi connectivity index (χ0) is 13.7. The highest BCUT2D eigenvalue weighted by Gasteiger charge is 2.17. The van der Waals surface area contributed by atoms with Crippen molar-refractivity contribution in [3.8, 4) is 0 Å². The molecule has 0 aliphatic heterocycles. The molecule has 2 aromatic rings. The maximum absolute atomic E-state index is 11.9. The zero-order valence-electron chi connectivity index (χ0n) is 9.94. The smallest absolute Gasteiger partial charge is 0.241 e. The van der Waals surface area contributed by atoms with Crippen molar-refractivity contribution in [3.63, 3.8) is 0 Å². The van der Waals surface area contributed by atoms with E-state index in [1.807, 2.05) is 6.07 Å². The lowest BCUT2D eigenvalue weighted by Gasteiger charge is -2.04. The van der Waals surface area contributed by atoms with Gasteiger partial charge in [-0.1, -0.05) is 30.3 Å². The summed E-state index contributed by atoms with van der Waals surface area (Å²) in [5.74, 6) is -1.24. The minimum Gasteiger partial charge on any atom is -0.301 e. The van der Waals surface area contributed by atoms with Crippen molar-refractivity contribution in [3.05, 3.63) is 47.5 Å². The summed E-state index contributed by atoms with van der Waals surface area (Å²) in [5, 5.41) is 4.56. The van der Waals surface area contributed by atoms with E-state index in [1.165, 1.54) is 11.3 Å². The van der Waals surface area contributed by atoms with Crippen molar-refractivity contribution in [1.29, 1.82) is 0 Å². The normalized spacial score (nSPS) is 11.2. The van der Waals surface area contributed by atoms with E-state index in [2.05, 4.69) is 10.3 Å². The predicted octanol–water partition coefficient (Wildman–Crippen LogP) is 1.70. The SMILES string of the molecule is O=C(CS(=O)(=O)Cc1ccccc1)Nc1nccs1. The van der Waals surface area contributed by atoms with Crippen molar-refractivity contribution in [2.24, 2.45) is 0 Å². The molecule has 0 saturated heterocycles. The molecule has 0 bridgehead atoms. The van der Waals surface area contributed by atoms with Crippen LogP contribution in [0.15, 0.2) is 41.9 Å². The molecule has 0 aliphatic rings. The summed E-state index contributed by atoms with van der Waals surface area (Å²) in [5.41, 5.74) is 0.671. The number of amides is 1. The number of anilines is 1. The van der Waals surface area contributed by atoms with Crippen LogP contribution in [0.3, 0.4) is 0 Å². The van der Waals surface area contributed by atoms with E-state index < -0.39 is 21.5 Å². The van der Waals surface area contributed by atoms with Crippen LogP contribution in [0.4, 0.5) is 5.13 Å². The first kappa shape index (κ1) is 13.7. The van der Waals surface area contributed by atoms with Crippen molar-refractivity contribution < 1.29 is 13.2 Å². The molecule has 1 aromatic carbocycles. The van der Waals surface area contributed by atoms with Crippen LogP contribution in [-0.4, -0.2) is 25.1 Å². The molecule has 7 heteroatoms. The Kier molecular flexibility index (Phi) is 4.28. The number of carbonyl (C=O) groups is 1. The summed E-state index contributed by atoms with van der Waals surface area (Å²) in [6.45, 7) is 0. The fourth-order valence-corrected chi connectivity index (χ4v) is 3.34. The molecule has 0 saturated carbocycles. The lowest BCUT2D eigenvalue weighted by Crippen LogP contribution is -2.23. The Hall–Kier alpha value is -1.73. The van der Waals surface area contributed by atoms with Gasteiger partial charge in [-0.05, 0) is 5.56 Å². The molecule has 1 N–H and O–H groups in total. The molecular weight excluding hydrogens is 284 g/mol. The van der Waals surface area contributed by atoms with Crippen molar-refractivity contribution in [1.82, 2.24) is 4.98 Å². The third kappa shape index (κ3) is 4.46. The largest absolute Gasteiger partial charge is 0.301 e. The summed E-state index contributed by atoms with van der Waals surface area (Å²) in [4.78, 5) is 15.5. The minimum absolute atomic E-state index is 0.140. The van der Waals surface area contributed by atoms with E-state index in [4.69, 9.17) is 0 Å². The number of carbonyl (C=O) groups excluding carboxylic acids is 1. The zero-order valence-corrected chi connectivity index (χ0v) is 11.6. The average Bonchev–Trinajstić information content (AvgIpc) is 2.81. The fraction of sp³-hybridized carbons (Fsp3) is 0.167. The molecule has 1 heterocycles. The first-order chi connectivity index (χ1) is 9.05. The third-order valence-electron chi connectivity index (χ3n) is 2.26. The van der Waals surface area contributed by atoms with Crippen LogP contribution >= 0.6 is 11.3 Å². The Morgan fingerprint density at radius 3 is 2.63 bits per heavy atom. The van der Waals surface area contributed by atoms with Crippen LogP contribution in [-0.2, 0) is 20.4 Å². The number of nitrogens with zero attached hydrogens (tertiary/aromatic N) is 1. The second-order valence-corrected chi connectivity index (χ2v) is 6.86. The quantitative estimate of drug-likeness (QED) is 0.911. The summed E-state index contributed by atoms with van der Waals surface area (Å²) < 4.78 is 23.7. The van der Waals surface area contributed by atoms with Gasteiger partial charge in [0, 0.05) is 11.6 Å². The highest BCUT2D eigenvalue weighted by Crippen LogP contribution is 2.11. The number of rotatable bonds is 5. The lowest BCUT2D eigenvalue weighted by molar-refractivity contribution is -0.113. The first-order valence-corrected chi connectivity index (χ1v) is 8.19. The Labute approximate surface area is 115 Å². The fourth-order valence-electron chi connectivity index (χ4n) is 1.52. The monoisotopic (exact) mass is 296 g/mol. The molecule has 1 amide bonds. The van der Waals surface area contributed by atoms with Gasteiger partial charge in [-0.15, -0.1) is 11.3 Å².